The molecule has 0 saturated carbocycles. The highest BCUT2D eigenvalue weighted by molar-refractivity contribution is 5.98. The fourth-order valence-corrected chi connectivity index (χ4v) is 1.91. The molecule has 0 aliphatic heterocycles. The molecule has 6 heteroatoms. The van der Waals surface area contributed by atoms with Gasteiger partial charge < -0.3 is 9.64 Å². The molecule has 2 aromatic rings. The SMILES string of the molecule is COc1ccccc1C(F)(F)C(=O)N(C)c1ccncc1. The van der Waals surface area contributed by atoms with Crippen molar-refractivity contribution >= 4 is 11.6 Å². The number of methoxy groups -OCH3 is 1. The van der Waals surface area contributed by atoms with Crippen LogP contribution in [-0.2, 0) is 10.7 Å². The Morgan fingerprint density at radius 1 is 1.19 bits per heavy atom. The van der Waals surface area contributed by atoms with E-state index in [1.165, 1.54) is 56.9 Å². The molecule has 1 amide bonds. The topological polar surface area (TPSA) is 42.4 Å². The minimum absolute atomic E-state index is 0.0287. The summed E-state index contributed by atoms with van der Waals surface area (Å²) in [4.78, 5) is 16.8. The van der Waals surface area contributed by atoms with Gasteiger partial charge in [-0.15, -0.1) is 0 Å². The van der Waals surface area contributed by atoms with Crippen LogP contribution in [0.4, 0.5) is 14.5 Å². The second-order valence-electron chi connectivity index (χ2n) is 4.34. The molecule has 4 nitrogen and oxygen atoms in total. The fraction of sp³-hybridized carbons (Fsp3) is 0.200. The molecule has 1 aromatic carbocycles. The second kappa shape index (κ2) is 5.87. The lowest BCUT2D eigenvalue weighted by atomic mass is 10.1. The number of rotatable bonds is 4. The van der Waals surface area contributed by atoms with Gasteiger partial charge in [-0.25, -0.2) is 0 Å². The van der Waals surface area contributed by atoms with Crippen molar-refractivity contribution in [2.45, 2.75) is 5.92 Å². The summed E-state index contributed by atoms with van der Waals surface area (Å²) in [6, 6.07) is 8.54. The molecule has 0 fully saturated rings. The number of ether oxygens (including phenoxy) is 1. The fourth-order valence-electron chi connectivity index (χ4n) is 1.91. The Hall–Kier alpha value is -2.50. The smallest absolute Gasteiger partial charge is 0.353 e. The van der Waals surface area contributed by atoms with Crippen molar-refractivity contribution < 1.29 is 18.3 Å². The zero-order valence-corrected chi connectivity index (χ0v) is 11.6. The van der Waals surface area contributed by atoms with Crippen LogP contribution >= 0.6 is 0 Å². The molecule has 0 atom stereocenters. The predicted octanol–water partition coefficient (Wildman–Crippen LogP) is 2.85. The van der Waals surface area contributed by atoms with E-state index < -0.39 is 17.4 Å². The largest absolute Gasteiger partial charge is 0.496 e. The quantitative estimate of drug-likeness (QED) is 0.870. The maximum absolute atomic E-state index is 14.4. The van der Waals surface area contributed by atoms with Gasteiger partial charge in [0.05, 0.1) is 12.7 Å². The minimum atomic E-state index is -3.69. The Kier molecular flexibility index (Phi) is 4.16. The number of aromatic nitrogens is 1. The first-order valence-electron chi connectivity index (χ1n) is 6.18. The van der Waals surface area contributed by atoms with E-state index >= 15 is 0 Å². The Balaban J connectivity index is 2.37. The molecule has 0 unspecified atom stereocenters. The van der Waals surface area contributed by atoms with E-state index in [-0.39, 0.29) is 5.75 Å². The van der Waals surface area contributed by atoms with E-state index in [1.54, 1.807) is 6.07 Å². The van der Waals surface area contributed by atoms with Crippen LogP contribution in [0.25, 0.3) is 0 Å². The van der Waals surface area contributed by atoms with Crippen molar-refractivity contribution in [1.82, 2.24) is 4.98 Å². The van der Waals surface area contributed by atoms with Gasteiger partial charge in [-0.05, 0) is 24.3 Å². The zero-order valence-electron chi connectivity index (χ0n) is 11.6. The third-order valence-corrected chi connectivity index (χ3v) is 3.07. The standard InChI is InChI=1S/C15H14F2N2O2/c1-19(11-7-9-18-10-8-11)14(20)15(16,17)12-5-3-4-6-13(12)21-2/h3-10H,1-2H3. The lowest BCUT2D eigenvalue weighted by Crippen LogP contribution is -2.39. The number of alkyl halides is 2. The first-order valence-corrected chi connectivity index (χ1v) is 6.18. The van der Waals surface area contributed by atoms with E-state index in [1.807, 2.05) is 0 Å². The summed E-state index contributed by atoms with van der Waals surface area (Å²) in [5.74, 6) is -5.05. The van der Waals surface area contributed by atoms with Gasteiger partial charge in [-0.1, -0.05) is 12.1 Å². The van der Waals surface area contributed by atoms with Crippen LogP contribution < -0.4 is 9.64 Å². The van der Waals surface area contributed by atoms with Crippen LogP contribution in [0.1, 0.15) is 5.56 Å². The van der Waals surface area contributed by atoms with Crippen LogP contribution in [0.3, 0.4) is 0 Å². The van der Waals surface area contributed by atoms with E-state index in [9.17, 15) is 13.6 Å². The van der Waals surface area contributed by atoms with Gasteiger partial charge in [-0.2, -0.15) is 8.78 Å². The molecule has 0 aliphatic rings. The van der Waals surface area contributed by atoms with Gasteiger partial charge in [0, 0.05) is 25.1 Å². The molecule has 110 valence electrons. The van der Waals surface area contributed by atoms with Crippen molar-refractivity contribution in [1.29, 1.82) is 0 Å². The van der Waals surface area contributed by atoms with E-state index in [2.05, 4.69) is 4.98 Å². The van der Waals surface area contributed by atoms with Gasteiger partial charge in [0.15, 0.2) is 0 Å². The average Bonchev–Trinajstić information content (AvgIpc) is 2.54. The number of halogens is 2. The highest BCUT2D eigenvalue weighted by Gasteiger charge is 2.45. The van der Waals surface area contributed by atoms with Crippen LogP contribution in [0, 0.1) is 0 Å². The van der Waals surface area contributed by atoms with Crippen molar-refractivity contribution in [3.8, 4) is 5.75 Å². The number of hydrogen-bond acceptors (Lipinski definition) is 3. The van der Waals surface area contributed by atoms with E-state index in [0.717, 1.165) is 4.90 Å². The third kappa shape index (κ3) is 2.84. The first-order chi connectivity index (χ1) is 9.98. The minimum Gasteiger partial charge on any atom is -0.496 e. The number of pyridine rings is 1. The number of amides is 1. The van der Waals surface area contributed by atoms with Crippen molar-refractivity contribution in [3.63, 3.8) is 0 Å². The third-order valence-electron chi connectivity index (χ3n) is 3.07. The van der Waals surface area contributed by atoms with Crippen LogP contribution in [0.15, 0.2) is 48.8 Å². The van der Waals surface area contributed by atoms with Gasteiger partial charge in [0.1, 0.15) is 5.75 Å². The number of anilines is 1. The summed E-state index contributed by atoms with van der Waals surface area (Å²) in [6.07, 6.45) is 2.86. The molecular formula is C15H14F2N2O2. The lowest BCUT2D eigenvalue weighted by Gasteiger charge is -2.24. The second-order valence-corrected chi connectivity index (χ2v) is 4.34. The Labute approximate surface area is 121 Å². The molecular weight excluding hydrogens is 278 g/mol. The molecule has 1 heterocycles. The van der Waals surface area contributed by atoms with E-state index in [4.69, 9.17) is 4.74 Å². The summed E-state index contributed by atoms with van der Waals surface area (Å²) in [5.41, 5.74) is -0.122. The number of carbonyl (C=O) groups is 1. The summed E-state index contributed by atoms with van der Waals surface area (Å²) >= 11 is 0. The number of carbonyl (C=O) groups excluding carboxylic acids is 1. The average molecular weight is 292 g/mol. The highest BCUT2D eigenvalue weighted by atomic mass is 19.3. The Morgan fingerprint density at radius 3 is 2.43 bits per heavy atom. The predicted molar refractivity (Wildman–Crippen MR) is 74.5 cm³/mol. The molecule has 0 radical (unpaired) electrons. The zero-order chi connectivity index (χ0) is 15.5. The van der Waals surface area contributed by atoms with Gasteiger partial charge in [0.25, 0.3) is 0 Å². The van der Waals surface area contributed by atoms with Gasteiger partial charge in [0.2, 0.25) is 0 Å². The normalized spacial score (nSPS) is 11.0. The summed E-state index contributed by atoms with van der Waals surface area (Å²) in [5, 5.41) is 0. The van der Waals surface area contributed by atoms with Crippen LogP contribution in [-0.4, -0.2) is 25.0 Å². The number of hydrogen-bond donors (Lipinski definition) is 0. The molecule has 1 aromatic heterocycles. The van der Waals surface area contributed by atoms with Gasteiger partial charge >= 0.3 is 11.8 Å². The molecule has 21 heavy (non-hydrogen) atoms. The molecule has 0 bridgehead atoms. The molecule has 0 spiro atoms. The Bertz CT molecular complexity index is 633. The van der Waals surface area contributed by atoms with Crippen LogP contribution in [0.5, 0.6) is 5.75 Å². The lowest BCUT2D eigenvalue weighted by molar-refractivity contribution is -0.143. The molecule has 2 rings (SSSR count). The van der Waals surface area contributed by atoms with E-state index in [0.29, 0.717) is 5.69 Å². The van der Waals surface area contributed by atoms with Crippen LogP contribution in [0.2, 0.25) is 0 Å². The first kappa shape index (κ1) is 14.9. The number of para-hydroxylation sites is 1. The Morgan fingerprint density at radius 2 is 1.81 bits per heavy atom. The van der Waals surface area contributed by atoms with Gasteiger partial charge in [-0.3, -0.25) is 9.78 Å². The number of nitrogens with zero attached hydrogens (tertiary/aromatic N) is 2. The molecule has 0 N–H and O–H groups in total. The monoisotopic (exact) mass is 292 g/mol. The summed E-state index contributed by atoms with van der Waals surface area (Å²) < 4.78 is 33.8. The highest BCUT2D eigenvalue weighted by Crippen LogP contribution is 2.36. The molecule has 0 aliphatic carbocycles. The van der Waals surface area contributed by atoms with Crippen molar-refractivity contribution in [2.75, 3.05) is 19.1 Å². The number of benzene rings is 1. The van der Waals surface area contributed by atoms with Crippen molar-refractivity contribution in [2.24, 2.45) is 0 Å². The maximum Gasteiger partial charge on any atom is 0.353 e. The molecule has 0 saturated heterocycles. The van der Waals surface area contributed by atoms with Crippen molar-refractivity contribution in [3.05, 3.63) is 54.4 Å². The summed E-state index contributed by atoms with van der Waals surface area (Å²) in [7, 11) is 2.58. The maximum atomic E-state index is 14.4. The number of likely N-dealkylation sites (N-methyl/N-ethyl adjacent to an activating group) is 1. The summed E-state index contributed by atoms with van der Waals surface area (Å²) in [6.45, 7) is 0.